The van der Waals surface area contributed by atoms with Crippen LogP contribution in [0, 0.1) is 0 Å². The second kappa shape index (κ2) is 43.1. The molecule has 8 nitrogen and oxygen atoms in total. The van der Waals surface area contributed by atoms with E-state index in [-0.39, 0.29) is 19.4 Å². The number of phosphoric acid groups is 1. The largest absolute Gasteiger partial charge is 0.469 e. The van der Waals surface area contributed by atoms with E-state index < -0.39 is 32.5 Å². The highest BCUT2D eigenvalue weighted by molar-refractivity contribution is 7.46. The summed E-state index contributed by atoms with van der Waals surface area (Å²) in [4.78, 5) is 43.0. The van der Waals surface area contributed by atoms with Gasteiger partial charge in [-0.1, -0.05) is 212 Å². The van der Waals surface area contributed by atoms with Gasteiger partial charge in [0.15, 0.2) is 6.10 Å². The summed E-state index contributed by atoms with van der Waals surface area (Å²) in [5.41, 5.74) is 0. The zero-order valence-corrected chi connectivity index (χ0v) is 37.4. The summed E-state index contributed by atoms with van der Waals surface area (Å²) in [6.45, 7) is 3.71. The van der Waals surface area contributed by atoms with Gasteiger partial charge < -0.3 is 19.3 Å². The molecular weight excluding hydrogens is 723 g/mol. The van der Waals surface area contributed by atoms with Crippen molar-refractivity contribution >= 4 is 19.8 Å². The Balaban J connectivity index is 3.84. The highest BCUT2D eigenvalue weighted by Gasteiger charge is 2.23. The molecule has 1 unspecified atom stereocenters. The molecule has 0 aromatic heterocycles. The standard InChI is InChI=1S/C47H89O8P/c1-3-5-7-9-11-13-15-17-19-21-22-23-24-26-28-30-32-34-36-38-40-42-47(49)55-45(44-54-56(50,51)52)43-53-46(48)41-39-37-35-33-31-29-27-25-20-18-16-14-12-10-8-6-4-2/h15,17,21-22,45H,3-14,16,18-20,23-44H2,1-2H3,(H2,50,51,52)/b17-15-,22-21-. The number of ether oxygens (including phenoxy) is 2. The van der Waals surface area contributed by atoms with E-state index >= 15 is 0 Å². The van der Waals surface area contributed by atoms with Gasteiger partial charge in [0.1, 0.15) is 6.61 Å². The minimum absolute atomic E-state index is 0.210. The van der Waals surface area contributed by atoms with Crippen LogP contribution in [-0.4, -0.2) is 41.0 Å². The monoisotopic (exact) mass is 813 g/mol. The summed E-state index contributed by atoms with van der Waals surface area (Å²) in [5, 5.41) is 0. The molecule has 0 amide bonds. The fraction of sp³-hybridized carbons (Fsp3) is 0.872. The van der Waals surface area contributed by atoms with Gasteiger partial charge in [-0.2, -0.15) is 0 Å². The quantitative estimate of drug-likeness (QED) is 0.0270. The molecule has 0 saturated carbocycles. The molecule has 0 saturated heterocycles. The molecule has 0 fully saturated rings. The van der Waals surface area contributed by atoms with Crippen LogP contribution in [0.3, 0.4) is 0 Å². The smallest absolute Gasteiger partial charge is 0.462 e. The number of rotatable bonds is 44. The van der Waals surface area contributed by atoms with E-state index in [1.54, 1.807) is 0 Å². The van der Waals surface area contributed by atoms with Crippen LogP contribution < -0.4 is 0 Å². The van der Waals surface area contributed by atoms with Crippen molar-refractivity contribution in [3.05, 3.63) is 24.3 Å². The van der Waals surface area contributed by atoms with E-state index in [4.69, 9.17) is 19.3 Å². The Morgan fingerprint density at radius 3 is 1.18 bits per heavy atom. The lowest BCUT2D eigenvalue weighted by Crippen LogP contribution is -2.29. The molecule has 0 bridgehead atoms. The molecular formula is C47H89O8P. The molecule has 0 aliphatic rings. The Labute approximate surface area is 345 Å². The van der Waals surface area contributed by atoms with Crippen molar-refractivity contribution in [2.75, 3.05) is 13.2 Å². The van der Waals surface area contributed by atoms with Crippen LogP contribution in [0.1, 0.15) is 245 Å². The highest BCUT2D eigenvalue weighted by atomic mass is 31.2. The number of carbonyl (C=O) groups excluding carboxylic acids is 2. The third-order valence-corrected chi connectivity index (χ3v) is 11.0. The number of phosphoric ester groups is 1. The van der Waals surface area contributed by atoms with Crippen LogP contribution >= 0.6 is 7.82 Å². The van der Waals surface area contributed by atoms with Crippen LogP contribution in [0.4, 0.5) is 0 Å². The van der Waals surface area contributed by atoms with E-state index in [0.29, 0.717) is 6.42 Å². The van der Waals surface area contributed by atoms with Crippen LogP contribution in [0.15, 0.2) is 24.3 Å². The van der Waals surface area contributed by atoms with E-state index in [9.17, 15) is 14.2 Å². The number of unbranched alkanes of at least 4 members (excludes halogenated alkanes) is 30. The van der Waals surface area contributed by atoms with Crippen molar-refractivity contribution < 1.29 is 37.9 Å². The molecule has 2 N–H and O–H groups in total. The summed E-state index contributed by atoms with van der Waals surface area (Å²) >= 11 is 0. The molecule has 0 aromatic carbocycles. The molecule has 9 heteroatoms. The van der Waals surface area contributed by atoms with Crippen LogP contribution in [-0.2, 0) is 28.2 Å². The van der Waals surface area contributed by atoms with Gasteiger partial charge in [-0.3, -0.25) is 14.1 Å². The summed E-state index contributed by atoms with van der Waals surface area (Å²) < 4.78 is 26.5. The molecule has 1 atom stereocenters. The number of esters is 2. The highest BCUT2D eigenvalue weighted by Crippen LogP contribution is 2.36. The summed E-state index contributed by atoms with van der Waals surface area (Å²) in [6.07, 6.45) is 50.4. The van der Waals surface area contributed by atoms with Crippen molar-refractivity contribution in [2.24, 2.45) is 0 Å². The van der Waals surface area contributed by atoms with Crippen LogP contribution in [0.25, 0.3) is 0 Å². The van der Waals surface area contributed by atoms with Gasteiger partial charge >= 0.3 is 19.8 Å². The maximum atomic E-state index is 12.4. The predicted octanol–water partition coefficient (Wildman–Crippen LogP) is 14.7. The molecule has 0 aliphatic heterocycles. The zero-order chi connectivity index (χ0) is 41.1. The number of hydrogen-bond acceptors (Lipinski definition) is 6. The lowest BCUT2D eigenvalue weighted by Gasteiger charge is -2.18. The van der Waals surface area contributed by atoms with Crippen molar-refractivity contribution in [3.63, 3.8) is 0 Å². The number of allylic oxidation sites excluding steroid dienone is 4. The second-order valence-corrected chi connectivity index (χ2v) is 17.3. The lowest BCUT2D eigenvalue weighted by atomic mass is 10.0. The van der Waals surface area contributed by atoms with E-state index in [1.165, 1.54) is 161 Å². The van der Waals surface area contributed by atoms with Crippen molar-refractivity contribution in [1.29, 1.82) is 0 Å². The Kier molecular flexibility index (Phi) is 42.0. The Morgan fingerprint density at radius 1 is 0.464 bits per heavy atom. The molecule has 56 heavy (non-hydrogen) atoms. The fourth-order valence-electron chi connectivity index (χ4n) is 6.93. The number of hydrogen-bond donors (Lipinski definition) is 2. The molecule has 0 aliphatic carbocycles. The molecule has 0 spiro atoms. The van der Waals surface area contributed by atoms with Crippen molar-refractivity contribution in [2.45, 2.75) is 251 Å². The second-order valence-electron chi connectivity index (χ2n) is 16.1. The molecule has 0 aromatic rings. The van der Waals surface area contributed by atoms with Crippen molar-refractivity contribution in [3.8, 4) is 0 Å². The first-order chi connectivity index (χ1) is 27.3. The van der Waals surface area contributed by atoms with Gasteiger partial charge in [-0.15, -0.1) is 0 Å². The van der Waals surface area contributed by atoms with Gasteiger partial charge in [-0.05, 0) is 44.9 Å². The zero-order valence-electron chi connectivity index (χ0n) is 36.5. The first-order valence-electron chi connectivity index (χ1n) is 23.6. The molecule has 0 radical (unpaired) electrons. The average Bonchev–Trinajstić information content (AvgIpc) is 3.17. The summed E-state index contributed by atoms with van der Waals surface area (Å²) in [7, 11) is -4.75. The Hall–Kier alpha value is -1.47. The maximum Gasteiger partial charge on any atom is 0.469 e. The molecule has 0 rings (SSSR count). The normalized spacial score (nSPS) is 12.6. The predicted molar refractivity (Wildman–Crippen MR) is 235 cm³/mol. The van der Waals surface area contributed by atoms with Crippen molar-refractivity contribution in [1.82, 2.24) is 0 Å². The van der Waals surface area contributed by atoms with E-state index in [2.05, 4.69) is 42.7 Å². The summed E-state index contributed by atoms with van der Waals surface area (Å²) in [5.74, 6) is -0.876. The van der Waals surface area contributed by atoms with Gasteiger partial charge in [0, 0.05) is 12.8 Å². The van der Waals surface area contributed by atoms with Gasteiger partial charge in [0.25, 0.3) is 0 Å². The average molecular weight is 813 g/mol. The minimum Gasteiger partial charge on any atom is -0.462 e. The maximum absolute atomic E-state index is 12.4. The van der Waals surface area contributed by atoms with Gasteiger partial charge in [0.2, 0.25) is 0 Å². The van der Waals surface area contributed by atoms with Gasteiger partial charge in [-0.25, -0.2) is 4.57 Å². The SMILES string of the molecule is CCCCCCC/C=C\C/C=C\CCCCCCCCCCCC(=O)OC(COC(=O)CCCCCCCCCCCCCCCCCCC)COP(=O)(O)O. The lowest BCUT2D eigenvalue weighted by molar-refractivity contribution is -0.161. The fourth-order valence-corrected chi connectivity index (χ4v) is 7.30. The minimum atomic E-state index is -4.75. The number of carbonyl (C=O) groups is 2. The third-order valence-electron chi connectivity index (χ3n) is 10.5. The van der Waals surface area contributed by atoms with Gasteiger partial charge in [0.05, 0.1) is 6.61 Å². The molecule has 330 valence electrons. The molecule has 0 heterocycles. The first-order valence-corrected chi connectivity index (χ1v) is 25.2. The Bertz CT molecular complexity index is 962. The Morgan fingerprint density at radius 2 is 0.804 bits per heavy atom. The first kappa shape index (κ1) is 54.5. The van der Waals surface area contributed by atoms with Crippen LogP contribution in [0.2, 0.25) is 0 Å². The topological polar surface area (TPSA) is 119 Å². The van der Waals surface area contributed by atoms with E-state index in [1.807, 2.05) is 0 Å². The van der Waals surface area contributed by atoms with E-state index in [0.717, 1.165) is 51.4 Å². The summed E-state index contributed by atoms with van der Waals surface area (Å²) in [6, 6.07) is 0. The van der Waals surface area contributed by atoms with Crippen LogP contribution in [0.5, 0.6) is 0 Å². The third kappa shape index (κ3) is 45.2.